The molecule has 1 unspecified atom stereocenters. The molecule has 7 heteroatoms. The van der Waals surface area contributed by atoms with E-state index < -0.39 is 0 Å². The van der Waals surface area contributed by atoms with Gasteiger partial charge in [0.05, 0.1) is 37.0 Å². The van der Waals surface area contributed by atoms with E-state index in [1.54, 1.807) is 0 Å². The SMILES string of the molecule is CCOc1ccccc1-c1nc(CC(=O)NCC2CN(Cc3ccccc3)CCO2)cs1. The number of nitrogens with one attached hydrogen (secondary N) is 1. The van der Waals surface area contributed by atoms with Crippen molar-refractivity contribution in [1.29, 1.82) is 0 Å². The zero-order valence-electron chi connectivity index (χ0n) is 18.3. The Labute approximate surface area is 193 Å². The third-order valence-electron chi connectivity index (χ3n) is 5.31. The number of rotatable bonds is 9. The molecule has 1 aliphatic rings. The first-order chi connectivity index (χ1) is 15.7. The maximum atomic E-state index is 12.5. The van der Waals surface area contributed by atoms with Crippen molar-refractivity contribution >= 4 is 17.2 Å². The van der Waals surface area contributed by atoms with Crippen molar-refractivity contribution in [2.45, 2.75) is 26.0 Å². The van der Waals surface area contributed by atoms with Crippen LogP contribution in [0.3, 0.4) is 0 Å². The molecule has 2 aromatic carbocycles. The molecule has 1 N–H and O–H groups in total. The van der Waals surface area contributed by atoms with Gasteiger partial charge in [0.2, 0.25) is 5.91 Å². The van der Waals surface area contributed by atoms with Crippen LogP contribution in [0.25, 0.3) is 10.6 Å². The van der Waals surface area contributed by atoms with Gasteiger partial charge in [-0.05, 0) is 24.6 Å². The van der Waals surface area contributed by atoms with Crippen molar-refractivity contribution in [2.75, 3.05) is 32.8 Å². The van der Waals surface area contributed by atoms with Gasteiger partial charge in [0.25, 0.3) is 0 Å². The van der Waals surface area contributed by atoms with Crippen LogP contribution in [0.5, 0.6) is 5.75 Å². The number of nitrogens with zero attached hydrogens (tertiary/aromatic N) is 2. The number of thiazole rings is 1. The molecule has 32 heavy (non-hydrogen) atoms. The number of morpholine rings is 1. The molecule has 1 saturated heterocycles. The molecule has 2 heterocycles. The minimum atomic E-state index is -0.0382. The predicted octanol–water partition coefficient (Wildman–Crippen LogP) is 3.77. The molecule has 0 bridgehead atoms. The molecule has 0 radical (unpaired) electrons. The highest BCUT2D eigenvalue weighted by Gasteiger charge is 2.21. The number of benzene rings is 2. The van der Waals surface area contributed by atoms with Crippen molar-refractivity contribution in [2.24, 2.45) is 0 Å². The standard InChI is InChI=1S/C25H29N3O3S/c1-2-30-23-11-7-6-10-22(23)25-27-20(18-32-25)14-24(29)26-15-21-17-28(12-13-31-21)16-19-8-4-3-5-9-19/h3-11,18,21H,2,12-17H2,1H3,(H,26,29). The topological polar surface area (TPSA) is 63.7 Å². The number of ether oxygens (including phenoxy) is 2. The van der Waals surface area contributed by atoms with E-state index >= 15 is 0 Å². The highest BCUT2D eigenvalue weighted by Crippen LogP contribution is 2.32. The van der Waals surface area contributed by atoms with Crippen LogP contribution in [0.1, 0.15) is 18.2 Å². The van der Waals surface area contributed by atoms with Crippen LogP contribution in [0.15, 0.2) is 60.0 Å². The lowest BCUT2D eigenvalue weighted by atomic mass is 10.2. The zero-order valence-corrected chi connectivity index (χ0v) is 19.1. The summed E-state index contributed by atoms with van der Waals surface area (Å²) >= 11 is 1.53. The molecule has 6 nitrogen and oxygen atoms in total. The molecule has 1 fully saturated rings. The number of aromatic nitrogens is 1. The molecule has 168 valence electrons. The third kappa shape index (κ3) is 6.16. The van der Waals surface area contributed by atoms with Gasteiger partial charge in [-0.3, -0.25) is 9.69 Å². The highest BCUT2D eigenvalue weighted by molar-refractivity contribution is 7.13. The Balaban J connectivity index is 1.27. The summed E-state index contributed by atoms with van der Waals surface area (Å²) in [6.45, 7) is 6.37. The summed E-state index contributed by atoms with van der Waals surface area (Å²) in [7, 11) is 0. The predicted molar refractivity (Wildman–Crippen MR) is 127 cm³/mol. The Kier molecular flexibility index (Phi) is 7.87. The number of carbonyl (C=O) groups is 1. The van der Waals surface area contributed by atoms with E-state index in [1.165, 1.54) is 16.9 Å². The van der Waals surface area contributed by atoms with Gasteiger partial charge in [0.15, 0.2) is 0 Å². The van der Waals surface area contributed by atoms with E-state index in [4.69, 9.17) is 9.47 Å². The monoisotopic (exact) mass is 451 g/mol. The largest absolute Gasteiger partial charge is 0.493 e. The van der Waals surface area contributed by atoms with Crippen LogP contribution in [0, 0.1) is 0 Å². The van der Waals surface area contributed by atoms with Crippen molar-refractivity contribution in [3.63, 3.8) is 0 Å². The van der Waals surface area contributed by atoms with E-state index in [1.807, 2.05) is 42.6 Å². The molecule has 1 amide bonds. The number of carbonyl (C=O) groups excluding carboxylic acids is 1. The molecule has 3 aromatic rings. The van der Waals surface area contributed by atoms with Crippen LogP contribution >= 0.6 is 11.3 Å². The summed E-state index contributed by atoms with van der Waals surface area (Å²) in [6.07, 6.45) is 0.258. The zero-order chi connectivity index (χ0) is 22.2. The average Bonchev–Trinajstić information content (AvgIpc) is 3.27. The van der Waals surface area contributed by atoms with Crippen LogP contribution in [0.4, 0.5) is 0 Å². The highest BCUT2D eigenvalue weighted by atomic mass is 32.1. The summed E-state index contributed by atoms with van der Waals surface area (Å²) in [5.74, 6) is 0.776. The third-order valence-corrected chi connectivity index (χ3v) is 6.23. The first-order valence-electron chi connectivity index (χ1n) is 11.0. The number of hydrogen-bond acceptors (Lipinski definition) is 6. The second-order valence-electron chi connectivity index (χ2n) is 7.77. The molecule has 0 saturated carbocycles. The normalized spacial score (nSPS) is 16.6. The number of hydrogen-bond donors (Lipinski definition) is 1. The quantitative estimate of drug-likeness (QED) is 0.537. The smallest absolute Gasteiger partial charge is 0.226 e. The Bertz CT molecular complexity index is 1010. The molecule has 1 aliphatic heterocycles. The van der Waals surface area contributed by atoms with Gasteiger partial charge in [-0.25, -0.2) is 4.98 Å². The van der Waals surface area contributed by atoms with E-state index in [9.17, 15) is 4.79 Å². The van der Waals surface area contributed by atoms with Crippen LogP contribution in [0.2, 0.25) is 0 Å². The van der Waals surface area contributed by atoms with E-state index in [0.717, 1.165) is 41.6 Å². The van der Waals surface area contributed by atoms with Gasteiger partial charge in [-0.1, -0.05) is 42.5 Å². The molecule has 0 aliphatic carbocycles. The molecule has 1 aromatic heterocycles. The summed E-state index contributed by atoms with van der Waals surface area (Å²) in [5.41, 5.74) is 3.02. The molecule has 0 spiro atoms. The molecule has 4 rings (SSSR count). The first kappa shape index (κ1) is 22.5. The minimum Gasteiger partial charge on any atom is -0.493 e. The maximum absolute atomic E-state index is 12.5. The molecule has 1 atom stereocenters. The lowest BCUT2D eigenvalue weighted by molar-refractivity contribution is -0.121. The Morgan fingerprint density at radius 3 is 2.88 bits per heavy atom. The fraction of sp³-hybridized carbons (Fsp3) is 0.360. The average molecular weight is 452 g/mol. The van der Waals surface area contributed by atoms with E-state index in [-0.39, 0.29) is 18.4 Å². The van der Waals surface area contributed by atoms with E-state index in [0.29, 0.717) is 19.8 Å². The lowest BCUT2D eigenvalue weighted by Crippen LogP contribution is -2.47. The van der Waals surface area contributed by atoms with Gasteiger partial charge in [-0.15, -0.1) is 11.3 Å². The summed E-state index contributed by atoms with van der Waals surface area (Å²) in [6, 6.07) is 18.3. The van der Waals surface area contributed by atoms with Crippen LogP contribution in [-0.2, 0) is 22.5 Å². The van der Waals surface area contributed by atoms with Gasteiger partial charge in [-0.2, -0.15) is 0 Å². The maximum Gasteiger partial charge on any atom is 0.226 e. The molecular weight excluding hydrogens is 422 g/mol. The van der Waals surface area contributed by atoms with Gasteiger partial charge in [0, 0.05) is 31.6 Å². The summed E-state index contributed by atoms with van der Waals surface area (Å²) < 4.78 is 11.6. The fourth-order valence-corrected chi connectivity index (χ4v) is 4.63. The van der Waals surface area contributed by atoms with Crippen molar-refractivity contribution in [3.8, 4) is 16.3 Å². The van der Waals surface area contributed by atoms with Crippen LogP contribution < -0.4 is 10.1 Å². The van der Waals surface area contributed by atoms with Crippen LogP contribution in [-0.4, -0.2) is 54.7 Å². The van der Waals surface area contributed by atoms with Gasteiger partial charge < -0.3 is 14.8 Å². The van der Waals surface area contributed by atoms with Crippen molar-refractivity contribution < 1.29 is 14.3 Å². The first-order valence-corrected chi connectivity index (χ1v) is 11.9. The number of amides is 1. The summed E-state index contributed by atoms with van der Waals surface area (Å²) in [5, 5.41) is 5.82. The van der Waals surface area contributed by atoms with Gasteiger partial charge >= 0.3 is 0 Å². The lowest BCUT2D eigenvalue weighted by Gasteiger charge is -2.33. The van der Waals surface area contributed by atoms with E-state index in [2.05, 4.69) is 39.5 Å². The molecular formula is C25H29N3O3S. The minimum absolute atomic E-state index is 0.000441. The Hall–Kier alpha value is -2.74. The van der Waals surface area contributed by atoms with Crippen molar-refractivity contribution in [1.82, 2.24) is 15.2 Å². The second kappa shape index (κ2) is 11.2. The summed E-state index contributed by atoms with van der Waals surface area (Å²) in [4.78, 5) is 19.5. The van der Waals surface area contributed by atoms with Crippen molar-refractivity contribution in [3.05, 3.63) is 71.2 Å². The number of para-hydroxylation sites is 1. The Morgan fingerprint density at radius 1 is 1.22 bits per heavy atom. The Morgan fingerprint density at radius 2 is 2.03 bits per heavy atom. The fourth-order valence-electron chi connectivity index (χ4n) is 3.78. The second-order valence-corrected chi connectivity index (χ2v) is 8.63. The van der Waals surface area contributed by atoms with Gasteiger partial charge in [0.1, 0.15) is 10.8 Å².